The van der Waals surface area contributed by atoms with Crippen molar-refractivity contribution in [3.63, 3.8) is 0 Å². The Morgan fingerprint density at radius 3 is 1.46 bits per heavy atom. The van der Waals surface area contributed by atoms with E-state index in [9.17, 15) is 0 Å². The molecule has 0 spiro atoms. The van der Waals surface area contributed by atoms with Crippen molar-refractivity contribution in [2.24, 2.45) is 0 Å². The zero-order chi connectivity index (χ0) is 20.5. The molecule has 0 unspecified atom stereocenters. The van der Waals surface area contributed by atoms with Gasteiger partial charge in [0.2, 0.25) is 0 Å². The summed E-state index contributed by atoms with van der Waals surface area (Å²) in [6, 6.07) is 4.08. The lowest BCUT2D eigenvalue weighted by Gasteiger charge is -2.16. The van der Waals surface area contributed by atoms with Gasteiger partial charge in [0.25, 0.3) is 0 Å². The van der Waals surface area contributed by atoms with Gasteiger partial charge in [-0.05, 0) is 30.5 Å². The van der Waals surface area contributed by atoms with Crippen molar-refractivity contribution in [3.8, 4) is 11.5 Å². The van der Waals surface area contributed by atoms with E-state index < -0.39 is 0 Å². The molecular formula is C26H42O2. The Bertz CT molecular complexity index is 508. The van der Waals surface area contributed by atoms with Gasteiger partial charge in [-0.3, -0.25) is 0 Å². The molecule has 0 radical (unpaired) electrons. The van der Waals surface area contributed by atoms with Gasteiger partial charge >= 0.3 is 0 Å². The summed E-state index contributed by atoms with van der Waals surface area (Å²) in [7, 11) is 0. The highest BCUT2D eigenvalue weighted by Gasteiger charge is 2.10. The van der Waals surface area contributed by atoms with Crippen LogP contribution < -0.4 is 9.47 Å². The van der Waals surface area contributed by atoms with E-state index in [1.807, 2.05) is 24.3 Å². The summed E-state index contributed by atoms with van der Waals surface area (Å²) >= 11 is 0. The van der Waals surface area contributed by atoms with E-state index in [0.29, 0.717) is 0 Å². The van der Waals surface area contributed by atoms with E-state index in [1.54, 1.807) is 0 Å². The third-order valence-electron chi connectivity index (χ3n) is 5.08. The van der Waals surface area contributed by atoms with Crippen molar-refractivity contribution >= 4 is 12.2 Å². The molecule has 0 saturated heterocycles. The van der Waals surface area contributed by atoms with Crippen molar-refractivity contribution in [2.45, 2.75) is 90.9 Å². The number of rotatable bonds is 18. The van der Waals surface area contributed by atoms with Crippen molar-refractivity contribution in [1.82, 2.24) is 0 Å². The Labute approximate surface area is 174 Å². The molecule has 2 nitrogen and oxygen atoms in total. The molecule has 0 bridgehead atoms. The Kier molecular flexibility index (Phi) is 14.1. The average Bonchev–Trinajstić information content (AvgIpc) is 2.72. The van der Waals surface area contributed by atoms with Gasteiger partial charge in [0.1, 0.15) is 11.5 Å². The van der Waals surface area contributed by atoms with Gasteiger partial charge in [-0.1, -0.05) is 103 Å². The van der Waals surface area contributed by atoms with Gasteiger partial charge in [-0.25, -0.2) is 0 Å². The highest BCUT2D eigenvalue weighted by atomic mass is 16.5. The first kappa shape index (κ1) is 24.3. The zero-order valence-corrected chi connectivity index (χ0v) is 18.4. The monoisotopic (exact) mass is 386 g/mol. The van der Waals surface area contributed by atoms with Crippen LogP contribution in [-0.2, 0) is 0 Å². The molecule has 0 aliphatic heterocycles. The van der Waals surface area contributed by atoms with E-state index in [4.69, 9.17) is 9.47 Å². The Morgan fingerprint density at radius 2 is 1.07 bits per heavy atom. The predicted molar refractivity (Wildman–Crippen MR) is 124 cm³/mol. The number of hydrogen-bond donors (Lipinski definition) is 0. The Morgan fingerprint density at radius 1 is 0.643 bits per heavy atom. The Balaban J connectivity index is 2.53. The van der Waals surface area contributed by atoms with E-state index in [-0.39, 0.29) is 0 Å². The van der Waals surface area contributed by atoms with Crippen LogP contribution in [-0.4, -0.2) is 13.2 Å². The van der Waals surface area contributed by atoms with E-state index in [0.717, 1.165) is 48.7 Å². The molecule has 0 heterocycles. The molecule has 0 saturated carbocycles. The molecule has 0 fully saturated rings. The molecule has 158 valence electrons. The number of unbranched alkanes of at least 4 members (excludes halogenated alkanes) is 10. The lowest BCUT2D eigenvalue weighted by atomic mass is 10.1. The average molecular weight is 387 g/mol. The largest absolute Gasteiger partial charge is 0.493 e. The second-order valence-corrected chi connectivity index (χ2v) is 7.57. The van der Waals surface area contributed by atoms with Crippen LogP contribution in [0.5, 0.6) is 11.5 Å². The third-order valence-corrected chi connectivity index (χ3v) is 5.08. The summed E-state index contributed by atoms with van der Waals surface area (Å²) < 4.78 is 12.2. The highest BCUT2D eigenvalue weighted by Crippen LogP contribution is 2.33. The predicted octanol–water partition coefficient (Wildman–Crippen LogP) is 8.45. The molecule has 2 heteroatoms. The molecule has 0 aromatic heterocycles. The highest BCUT2D eigenvalue weighted by molar-refractivity contribution is 5.67. The van der Waals surface area contributed by atoms with Crippen LogP contribution in [0.1, 0.15) is 102 Å². The van der Waals surface area contributed by atoms with Crippen LogP contribution in [0.2, 0.25) is 0 Å². The van der Waals surface area contributed by atoms with Crippen molar-refractivity contribution in [2.75, 3.05) is 13.2 Å². The van der Waals surface area contributed by atoms with Crippen LogP contribution in [0.4, 0.5) is 0 Å². The lowest BCUT2D eigenvalue weighted by molar-refractivity contribution is 0.288. The first-order valence-corrected chi connectivity index (χ1v) is 11.4. The molecule has 1 aromatic carbocycles. The minimum atomic E-state index is 0.741. The van der Waals surface area contributed by atoms with Gasteiger partial charge in [0.05, 0.1) is 18.8 Å². The second-order valence-electron chi connectivity index (χ2n) is 7.57. The SMILES string of the molecule is C=Cc1cc(OCCCCCCCC)c(C=C)c(OCCCCCCCC)c1. The maximum absolute atomic E-state index is 6.09. The van der Waals surface area contributed by atoms with Gasteiger partial charge in [-0.15, -0.1) is 0 Å². The summed E-state index contributed by atoms with van der Waals surface area (Å²) in [5.74, 6) is 1.72. The van der Waals surface area contributed by atoms with Crippen LogP contribution >= 0.6 is 0 Å². The van der Waals surface area contributed by atoms with Crippen LogP contribution in [0, 0.1) is 0 Å². The quantitative estimate of drug-likeness (QED) is 0.236. The Hall–Kier alpha value is -1.70. The molecule has 1 aromatic rings. The molecule has 0 aliphatic rings. The zero-order valence-electron chi connectivity index (χ0n) is 18.4. The summed E-state index contributed by atoms with van der Waals surface area (Å²) in [5, 5.41) is 0. The summed E-state index contributed by atoms with van der Waals surface area (Å²) in [5.41, 5.74) is 1.99. The van der Waals surface area contributed by atoms with Gasteiger partial charge < -0.3 is 9.47 Å². The number of ether oxygens (including phenoxy) is 2. The molecular weight excluding hydrogens is 344 g/mol. The topological polar surface area (TPSA) is 18.5 Å². The lowest BCUT2D eigenvalue weighted by Crippen LogP contribution is -2.03. The van der Waals surface area contributed by atoms with Gasteiger partial charge in [0, 0.05) is 0 Å². The van der Waals surface area contributed by atoms with Crippen molar-refractivity contribution in [1.29, 1.82) is 0 Å². The normalized spacial score (nSPS) is 10.6. The summed E-state index contributed by atoms with van der Waals surface area (Å²) in [6.45, 7) is 13.9. The summed E-state index contributed by atoms with van der Waals surface area (Å²) in [4.78, 5) is 0. The smallest absolute Gasteiger partial charge is 0.130 e. The van der Waals surface area contributed by atoms with Gasteiger partial charge in [-0.2, -0.15) is 0 Å². The molecule has 0 amide bonds. The number of hydrogen-bond acceptors (Lipinski definition) is 2. The van der Waals surface area contributed by atoms with Crippen LogP contribution in [0.3, 0.4) is 0 Å². The molecule has 1 rings (SSSR count). The first-order valence-electron chi connectivity index (χ1n) is 11.4. The standard InChI is InChI=1S/C26H42O2/c1-5-9-11-13-15-17-19-27-25-21-23(7-3)22-26(24(25)8-4)28-20-18-16-14-12-10-6-2/h7-8,21-22H,3-6,9-20H2,1-2H3. The van der Waals surface area contributed by atoms with E-state index in [2.05, 4.69) is 27.0 Å². The van der Waals surface area contributed by atoms with Crippen LogP contribution in [0.25, 0.3) is 12.2 Å². The van der Waals surface area contributed by atoms with Gasteiger partial charge in [0.15, 0.2) is 0 Å². The fourth-order valence-corrected chi connectivity index (χ4v) is 3.31. The second kappa shape index (κ2) is 16.3. The fraction of sp³-hybridized carbons (Fsp3) is 0.615. The van der Waals surface area contributed by atoms with Crippen molar-refractivity contribution < 1.29 is 9.47 Å². The minimum absolute atomic E-state index is 0.741. The van der Waals surface area contributed by atoms with Crippen LogP contribution in [0.15, 0.2) is 25.3 Å². The van der Waals surface area contributed by atoms with E-state index in [1.165, 1.54) is 64.2 Å². The first-order chi connectivity index (χ1) is 13.8. The molecule has 0 N–H and O–H groups in total. The molecule has 0 atom stereocenters. The minimum Gasteiger partial charge on any atom is -0.493 e. The maximum Gasteiger partial charge on any atom is 0.130 e. The van der Waals surface area contributed by atoms with Crippen molar-refractivity contribution in [3.05, 3.63) is 36.4 Å². The molecule has 0 aliphatic carbocycles. The third kappa shape index (κ3) is 10.0. The van der Waals surface area contributed by atoms with E-state index >= 15 is 0 Å². The summed E-state index contributed by atoms with van der Waals surface area (Å²) in [6.07, 6.45) is 18.8. The maximum atomic E-state index is 6.09. The number of benzene rings is 1. The fourth-order valence-electron chi connectivity index (χ4n) is 3.31. The molecule has 28 heavy (non-hydrogen) atoms.